The SMILES string of the molecule is CC(C)(C)c1ccc(S(=O)(=O)Nc2ccc(-c3ccccc3[N+](=O)[O-])cc2)cc1. The van der Waals surface area contributed by atoms with Crippen LogP contribution in [0.3, 0.4) is 0 Å². The van der Waals surface area contributed by atoms with E-state index in [1.165, 1.54) is 6.07 Å². The first kappa shape index (κ1) is 20.5. The molecule has 0 saturated carbocycles. The minimum absolute atomic E-state index is 0.000214. The summed E-state index contributed by atoms with van der Waals surface area (Å²) >= 11 is 0. The Kier molecular flexibility index (Phi) is 5.44. The predicted octanol–water partition coefficient (Wildman–Crippen LogP) is 5.36. The zero-order chi connectivity index (χ0) is 21.2. The van der Waals surface area contributed by atoms with Gasteiger partial charge in [-0.05, 0) is 46.9 Å². The molecular weight excluding hydrogens is 388 g/mol. The number of hydrogen-bond acceptors (Lipinski definition) is 4. The van der Waals surface area contributed by atoms with E-state index in [4.69, 9.17) is 0 Å². The van der Waals surface area contributed by atoms with Gasteiger partial charge in [0.2, 0.25) is 0 Å². The molecule has 3 rings (SSSR count). The van der Waals surface area contributed by atoms with Gasteiger partial charge in [-0.3, -0.25) is 14.8 Å². The summed E-state index contributed by atoms with van der Waals surface area (Å²) in [5, 5.41) is 11.2. The van der Waals surface area contributed by atoms with Gasteiger partial charge in [0.05, 0.1) is 15.4 Å². The zero-order valence-corrected chi connectivity index (χ0v) is 17.2. The molecule has 0 unspecified atom stereocenters. The summed E-state index contributed by atoms with van der Waals surface area (Å²) in [6.07, 6.45) is 0. The first-order chi connectivity index (χ1) is 13.6. The van der Waals surface area contributed by atoms with Crippen molar-refractivity contribution in [2.45, 2.75) is 31.1 Å². The maximum absolute atomic E-state index is 12.7. The highest BCUT2D eigenvalue weighted by Crippen LogP contribution is 2.30. The topological polar surface area (TPSA) is 89.3 Å². The van der Waals surface area contributed by atoms with Crippen LogP contribution in [0.5, 0.6) is 0 Å². The number of nitro benzene ring substituents is 1. The molecule has 7 heteroatoms. The molecule has 0 atom stereocenters. The van der Waals surface area contributed by atoms with Gasteiger partial charge in [-0.15, -0.1) is 0 Å². The average Bonchev–Trinajstić information content (AvgIpc) is 2.68. The fourth-order valence-electron chi connectivity index (χ4n) is 2.94. The van der Waals surface area contributed by atoms with E-state index in [1.54, 1.807) is 54.6 Å². The van der Waals surface area contributed by atoms with E-state index >= 15 is 0 Å². The molecule has 0 fully saturated rings. The molecule has 0 radical (unpaired) electrons. The van der Waals surface area contributed by atoms with Gasteiger partial charge in [-0.1, -0.05) is 57.2 Å². The lowest BCUT2D eigenvalue weighted by Gasteiger charge is -2.19. The van der Waals surface area contributed by atoms with Gasteiger partial charge < -0.3 is 0 Å². The first-order valence-electron chi connectivity index (χ1n) is 9.05. The summed E-state index contributed by atoms with van der Waals surface area (Å²) in [7, 11) is -3.73. The Balaban J connectivity index is 1.83. The second kappa shape index (κ2) is 7.67. The summed E-state index contributed by atoms with van der Waals surface area (Å²) in [5.41, 5.74) is 2.47. The van der Waals surface area contributed by atoms with Crippen LogP contribution in [0.15, 0.2) is 77.7 Å². The third kappa shape index (κ3) is 4.63. The smallest absolute Gasteiger partial charge is 0.277 e. The van der Waals surface area contributed by atoms with Crippen LogP contribution < -0.4 is 4.72 Å². The van der Waals surface area contributed by atoms with Crippen molar-refractivity contribution in [2.75, 3.05) is 4.72 Å². The molecule has 0 saturated heterocycles. The lowest BCUT2D eigenvalue weighted by molar-refractivity contribution is -0.384. The van der Waals surface area contributed by atoms with E-state index in [1.807, 2.05) is 12.1 Å². The van der Waals surface area contributed by atoms with E-state index in [9.17, 15) is 18.5 Å². The van der Waals surface area contributed by atoms with Crippen LogP contribution in [0.25, 0.3) is 11.1 Å². The average molecular weight is 410 g/mol. The van der Waals surface area contributed by atoms with Crippen molar-refractivity contribution in [3.63, 3.8) is 0 Å². The monoisotopic (exact) mass is 410 g/mol. The molecule has 6 nitrogen and oxygen atoms in total. The maximum Gasteiger partial charge on any atom is 0.277 e. The number of nitro groups is 1. The van der Waals surface area contributed by atoms with Gasteiger partial charge in [0.1, 0.15) is 0 Å². The number of nitrogens with zero attached hydrogens (tertiary/aromatic N) is 1. The van der Waals surface area contributed by atoms with Gasteiger partial charge in [0.25, 0.3) is 15.7 Å². The lowest BCUT2D eigenvalue weighted by atomic mass is 9.87. The number of para-hydroxylation sites is 1. The molecule has 150 valence electrons. The normalized spacial score (nSPS) is 11.8. The highest BCUT2D eigenvalue weighted by atomic mass is 32.2. The van der Waals surface area contributed by atoms with Crippen molar-refractivity contribution in [3.05, 3.63) is 88.5 Å². The van der Waals surface area contributed by atoms with E-state index in [-0.39, 0.29) is 16.0 Å². The number of benzene rings is 3. The van der Waals surface area contributed by atoms with Gasteiger partial charge in [-0.2, -0.15) is 0 Å². The molecule has 0 heterocycles. The second-order valence-electron chi connectivity index (χ2n) is 7.73. The van der Waals surface area contributed by atoms with Crippen LogP contribution in [0.1, 0.15) is 26.3 Å². The Morgan fingerprint density at radius 1 is 0.862 bits per heavy atom. The maximum atomic E-state index is 12.7. The predicted molar refractivity (Wildman–Crippen MR) is 114 cm³/mol. The van der Waals surface area contributed by atoms with E-state index < -0.39 is 14.9 Å². The van der Waals surface area contributed by atoms with Crippen LogP contribution in [0.2, 0.25) is 0 Å². The van der Waals surface area contributed by atoms with Crippen molar-refractivity contribution < 1.29 is 13.3 Å². The zero-order valence-electron chi connectivity index (χ0n) is 16.4. The van der Waals surface area contributed by atoms with E-state index in [0.29, 0.717) is 16.8 Å². The molecule has 0 aliphatic carbocycles. The minimum atomic E-state index is -3.73. The Labute approximate surface area is 170 Å². The van der Waals surface area contributed by atoms with Crippen LogP contribution in [-0.4, -0.2) is 13.3 Å². The van der Waals surface area contributed by atoms with Crippen LogP contribution >= 0.6 is 0 Å². The first-order valence-corrected chi connectivity index (χ1v) is 10.5. The number of anilines is 1. The van der Waals surface area contributed by atoms with Crippen molar-refractivity contribution >= 4 is 21.4 Å². The third-order valence-electron chi connectivity index (χ3n) is 4.58. The molecule has 0 aliphatic rings. The number of nitrogens with one attached hydrogen (secondary N) is 1. The summed E-state index contributed by atoms with van der Waals surface area (Å²) in [6.45, 7) is 6.19. The van der Waals surface area contributed by atoms with E-state index in [2.05, 4.69) is 25.5 Å². The fourth-order valence-corrected chi connectivity index (χ4v) is 4.00. The summed E-state index contributed by atoms with van der Waals surface area (Å²) in [5.74, 6) is 0. The number of rotatable bonds is 5. The van der Waals surface area contributed by atoms with Crippen LogP contribution in [-0.2, 0) is 15.4 Å². The molecule has 3 aromatic carbocycles. The largest absolute Gasteiger partial charge is 0.280 e. The second-order valence-corrected chi connectivity index (χ2v) is 9.41. The lowest BCUT2D eigenvalue weighted by Crippen LogP contribution is -2.14. The third-order valence-corrected chi connectivity index (χ3v) is 5.98. The Bertz CT molecular complexity index is 1130. The van der Waals surface area contributed by atoms with Crippen molar-refractivity contribution in [1.29, 1.82) is 0 Å². The van der Waals surface area contributed by atoms with Gasteiger partial charge in [0, 0.05) is 11.8 Å². The molecule has 29 heavy (non-hydrogen) atoms. The summed E-state index contributed by atoms with van der Waals surface area (Å²) < 4.78 is 27.9. The number of sulfonamides is 1. The molecular formula is C22H22N2O4S. The summed E-state index contributed by atoms with van der Waals surface area (Å²) in [6, 6.07) is 19.7. The van der Waals surface area contributed by atoms with Crippen LogP contribution in [0, 0.1) is 10.1 Å². The molecule has 0 bridgehead atoms. The van der Waals surface area contributed by atoms with E-state index in [0.717, 1.165) is 5.56 Å². The molecule has 1 N–H and O–H groups in total. The minimum Gasteiger partial charge on any atom is -0.280 e. The quantitative estimate of drug-likeness (QED) is 0.453. The highest BCUT2D eigenvalue weighted by Gasteiger charge is 2.18. The Morgan fingerprint density at radius 3 is 2.00 bits per heavy atom. The molecule has 0 spiro atoms. The molecule has 3 aromatic rings. The molecule has 0 aliphatic heterocycles. The van der Waals surface area contributed by atoms with Gasteiger partial charge >= 0.3 is 0 Å². The number of hydrogen-bond donors (Lipinski definition) is 1. The Morgan fingerprint density at radius 2 is 1.45 bits per heavy atom. The van der Waals surface area contributed by atoms with Crippen molar-refractivity contribution in [1.82, 2.24) is 0 Å². The van der Waals surface area contributed by atoms with Gasteiger partial charge in [0.15, 0.2) is 0 Å². The standard InChI is InChI=1S/C22H22N2O4S/c1-22(2,3)17-10-14-19(15-11-17)29(27,28)23-18-12-8-16(9-13-18)20-6-4-5-7-21(20)24(25)26/h4-15,23H,1-3H3. The van der Waals surface area contributed by atoms with Crippen molar-refractivity contribution in [3.8, 4) is 11.1 Å². The fraction of sp³-hybridized carbons (Fsp3) is 0.182. The molecule has 0 amide bonds. The van der Waals surface area contributed by atoms with Gasteiger partial charge in [-0.25, -0.2) is 8.42 Å². The molecule has 0 aromatic heterocycles. The highest BCUT2D eigenvalue weighted by molar-refractivity contribution is 7.92. The van der Waals surface area contributed by atoms with Crippen molar-refractivity contribution in [2.24, 2.45) is 0 Å². The van der Waals surface area contributed by atoms with Crippen LogP contribution in [0.4, 0.5) is 11.4 Å². The summed E-state index contributed by atoms with van der Waals surface area (Å²) in [4.78, 5) is 10.9. The Hall–Kier alpha value is -3.19.